The number of hydrogen-bond donors (Lipinski definition) is 0. The third-order valence-corrected chi connectivity index (χ3v) is 5.17. The van der Waals surface area contributed by atoms with E-state index in [9.17, 15) is 9.59 Å². The van der Waals surface area contributed by atoms with Crippen molar-refractivity contribution in [2.45, 2.75) is 32.1 Å². The molecule has 138 valence electrons. The fourth-order valence-corrected chi connectivity index (χ4v) is 3.64. The van der Waals surface area contributed by atoms with Crippen LogP contribution in [0.2, 0.25) is 0 Å². The van der Waals surface area contributed by atoms with E-state index in [1.54, 1.807) is 36.8 Å². The molecule has 1 fully saturated rings. The summed E-state index contributed by atoms with van der Waals surface area (Å²) in [5.74, 6) is -0.0817. The summed E-state index contributed by atoms with van der Waals surface area (Å²) in [4.78, 5) is 27.0. The zero-order valence-electron chi connectivity index (χ0n) is 14.5. The summed E-state index contributed by atoms with van der Waals surface area (Å²) in [6.45, 7) is 3.09. The first-order chi connectivity index (χ1) is 12.7. The fourth-order valence-electron chi connectivity index (χ4n) is 3.64. The highest BCUT2D eigenvalue weighted by molar-refractivity contribution is 5.74. The number of benzene rings is 1. The Kier molecular flexibility index (Phi) is 4.79. The normalized spacial score (nSPS) is 18.9. The third-order valence-electron chi connectivity index (χ3n) is 5.17. The first-order valence-corrected chi connectivity index (χ1v) is 9.02. The summed E-state index contributed by atoms with van der Waals surface area (Å²) in [6.07, 6.45) is 5.82. The first-order valence-electron chi connectivity index (χ1n) is 9.02. The monoisotopic (exact) mass is 358 g/mol. The molecule has 0 bridgehead atoms. The van der Waals surface area contributed by atoms with Crippen LogP contribution in [0.3, 0.4) is 0 Å². The van der Waals surface area contributed by atoms with Crippen LogP contribution in [0.1, 0.15) is 19.3 Å². The number of ether oxygens (including phenoxy) is 2. The molecule has 0 saturated carbocycles. The molecule has 0 atom stereocenters. The van der Waals surface area contributed by atoms with E-state index in [1.165, 1.54) is 4.57 Å². The first kappa shape index (κ1) is 16.9. The Morgan fingerprint density at radius 3 is 2.54 bits per heavy atom. The molecule has 0 unspecified atom stereocenters. The van der Waals surface area contributed by atoms with Gasteiger partial charge in [-0.15, -0.1) is 0 Å². The number of nitrogens with zero attached hydrogens (tertiary/aromatic N) is 2. The Bertz CT molecular complexity index is 900. The number of fused-ring (bicyclic) bond motifs is 1. The van der Waals surface area contributed by atoms with E-state index < -0.39 is 5.76 Å². The van der Waals surface area contributed by atoms with Crippen LogP contribution in [0, 0.1) is 5.92 Å². The number of rotatable bonds is 5. The predicted molar refractivity (Wildman–Crippen MR) is 95.6 cm³/mol. The van der Waals surface area contributed by atoms with E-state index in [0.717, 1.165) is 38.9 Å². The Morgan fingerprint density at radius 2 is 1.77 bits per heavy atom. The topological polar surface area (TPSA) is 73.9 Å². The standard InChI is InChI=1S/C19H22N2O5/c22-18-15-3-1-2-4-16(15)26-19(23)21(18)10-7-14-5-8-20(9-6-14)13-17-24-11-12-25-17/h1-4,11-12,14,17H,5-10,13H2. The number of likely N-dealkylation sites (tertiary alicyclic amines) is 1. The largest absolute Gasteiger partial charge is 0.458 e. The maximum absolute atomic E-state index is 12.5. The summed E-state index contributed by atoms with van der Waals surface area (Å²) in [5, 5.41) is 0.451. The van der Waals surface area contributed by atoms with Crippen molar-refractivity contribution in [1.29, 1.82) is 0 Å². The minimum absolute atomic E-state index is 0.202. The van der Waals surface area contributed by atoms with Crippen molar-refractivity contribution in [3.8, 4) is 0 Å². The smallest absolute Gasteiger partial charge is 0.422 e. The SMILES string of the molecule is O=c1oc2ccccc2c(=O)n1CCC1CCN(CC2OC=CO2)CC1. The van der Waals surface area contributed by atoms with Crippen molar-refractivity contribution < 1.29 is 13.9 Å². The summed E-state index contributed by atoms with van der Waals surface area (Å²) < 4.78 is 17.1. The van der Waals surface area contributed by atoms with Crippen molar-refractivity contribution in [3.63, 3.8) is 0 Å². The van der Waals surface area contributed by atoms with Gasteiger partial charge in [-0.2, -0.15) is 0 Å². The molecule has 0 aliphatic carbocycles. The molecule has 26 heavy (non-hydrogen) atoms. The van der Waals surface area contributed by atoms with E-state index in [1.807, 2.05) is 0 Å². The lowest BCUT2D eigenvalue weighted by molar-refractivity contribution is -0.0503. The second-order valence-electron chi connectivity index (χ2n) is 6.83. The van der Waals surface area contributed by atoms with Crippen molar-refractivity contribution in [2.75, 3.05) is 19.6 Å². The van der Waals surface area contributed by atoms with Gasteiger partial charge in [0.05, 0.1) is 11.9 Å². The maximum Gasteiger partial charge on any atom is 0.422 e. The van der Waals surface area contributed by atoms with E-state index in [4.69, 9.17) is 13.9 Å². The van der Waals surface area contributed by atoms with Gasteiger partial charge in [-0.25, -0.2) is 9.36 Å². The molecule has 3 heterocycles. The highest BCUT2D eigenvalue weighted by atomic mass is 16.7. The van der Waals surface area contributed by atoms with Gasteiger partial charge in [0.25, 0.3) is 11.8 Å². The van der Waals surface area contributed by atoms with Crippen molar-refractivity contribution in [2.24, 2.45) is 5.92 Å². The van der Waals surface area contributed by atoms with Gasteiger partial charge >= 0.3 is 5.76 Å². The molecular weight excluding hydrogens is 336 g/mol. The molecule has 2 aromatic rings. The van der Waals surface area contributed by atoms with Gasteiger partial charge in [-0.05, 0) is 50.4 Å². The fraction of sp³-hybridized carbons (Fsp3) is 0.474. The average molecular weight is 358 g/mol. The van der Waals surface area contributed by atoms with Gasteiger partial charge in [0.1, 0.15) is 18.1 Å². The minimum atomic E-state index is -0.575. The Morgan fingerprint density at radius 1 is 1.04 bits per heavy atom. The number of aromatic nitrogens is 1. The highest BCUT2D eigenvalue weighted by Crippen LogP contribution is 2.22. The minimum Gasteiger partial charge on any atom is -0.458 e. The van der Waals surface area contributed by atoms with E-state index in [2.05, 4.69) is 4.90 Å². The molecule has 0 amide bonds. The Hall–Kier alpha value is -2.54. The Balaban J connectivity index is 1.34. The highest BCUT2D eigenvalue weighted by Gasteiger charge is 2.24. The van der Waals surface area contributed by atoms with Crippen molar-refractivity contribution in [3.05, 3.63) is 57.7 Å². The molecule has 7 heteroatoms. The molecule has 2 aliphatic rings. The molecule has 1 aromatic heterocycles. The maximum atomic E-state index is 12.5. The van der Waals surface area contributed by atoms with Crippen LogP contribution in [0.4, 0.5) is 0 Å². The van der Waals surface area contributed by atoms with Gasteiger partial charge in [-0.3, -0.25) is 9.69 Å². The van der Waals surface area contributed by atoms with Crippen molar-refractivity contribution >= 4 is 11.0 Å². The number of piperidine rings is 1. The summed E-state index contributed by atoms with van der Waals surface area (Å²) in [6, 6.07) is 6.86. The van der Waals surface area contributed by atoms with Crippen LogP contribution in [-0.4, -0.2) is 35.4 Å². The predicted octanol–water partition coefficient (Wildman–Crippen LogP) is 1.90. The van der Waals surface area contributed by atoms with E-state index in [-0.39, 0.29) is 11.8 Å². The average Bonchev–Trinajstić information content (AvgIpc) is 3.16. The lowest BCUT2D eigenvalue weighted by Gasteiger charge is -2.32. The number of para-hydroxylation sites is 1. The van der Waals surface area contributed by atoms with Crippen LogP contribution in [0.5, 0.6) is 0 Å². The lowest BCUT2D eigenvalue weighted by Crippen LogP contribution is -2.40. The molecule has 4 rings (SSSR count). The van der Waals surface area contributed by atoms with Gasteiger partial charge in [0.2, 0.25) is 0 Å². The molecule has 7 nitrogen and oxygen atoms in total. The molecule has 0 radical (unpaired) electrons. The lowest BCUT2D eigenvalue weighted by atomic mass is 9.93. The van der Waals surface area contributed by atoms with Gasteiger partial charge < -0.3 is 13.9 Å². The van der Waals surface area contributed by atoms with Crippen LogP contribution >= 0.6 is 0 Å². The Labute approximate surface area is 150 Å². The zero-order valence-corrected chi connectivity index (χ0v) is 14.5. The zero-order chi connectivity index (χ0) is 17.9. The molecule has 0 N–H and O–H groups in total. The molecule has 0 spiro atoms. The second kappa shape index (κ2) is 7.37. The van der Waals surface area contributed by atoms with Crippen LogP contribution in [0.25, 0.3) is 11.0 Å². The van der Waals surface area contributed by atoms with Crippen LogP contribution in [-0.2, 0) is 16.0 Å². The van der Waals surface area contributed by atoms with E-state index >= 15 is 0 Å². The summed E-state index contributed by atoms with van der Waals surface area (Å²) in [7, 11) is 0. The second-order valence-corrected chi connectivity index (χ2v) is 6.83. The third kappa shape index (κ3) is 3.53. The molecule has 1 saturated heterocycles. The number of hydrogen-bond acceptors (Lipinski definition) is 6. The van der Waals surface area contributed by atoms with Crippen molar-refractivity contribution in [1.82, 2.24) is 9.47 Å². The molecular formula is C19H22N2O5. The summed E-state index contributed by atoms with van der Waals surface area (Å²) >= 11 is 0. The van der Waals surface area contributed by atoms with Crippen LogP contribution in [0.15, 0.2) is 50.8 Å². The van der Waals surface area contributed by atoms with Gasteiger partial charge in [0, 0.05) is 6.54 Å². The van der Waals surface area contributed by atoms with Gasteiger partial charge in [-0.1, -0.05) is 12.1 Å². The quantitative estimate of drug-likeness (QED) is 0.813. The van der Waals surface area contributed by atoms with Crippen LogP contribution < -0.4 is 11.3 Å². The van der Waals surface area contributed by atoms with Gasteiger partial charge in [0.15, 0.2) is 0 Å². The van der Waals surface area contributed by atoms with E-state index in [0.29, 0.717) is 23.4 Å². The summed E-state index contributed by atoms with van der Waals surface area (Å²) in [5.41, 5.74) is 0.0789. The molecule has 2 aliphatic heterocycles. The molecule has 1 aromatic carbocycles.